The standard InChI is InChI=1S/C6H11BrO3/c7-4-5(1-2-8)3-6(9)10/h5,8H,1-4H2,(H,9,10)/t5-/m1/s1. The number of carboxylic acids is 1. The summed E-state index contributed by atoms with van der Waals surface area (Å²) in [6.45, 7) is 0.0591. The van der Waals surface area contributed by atoms with E-state index in [2.05, 4.69) is 15.9 Å². The van der Waals surface area contributed by atoms with Gasteiger partial charge in [0, 0.05) is 18.4 Å². The molecule has 10 heavy (non-hydrogen) atoms. The number of hydrogen-bond donors (Lipinski definition) is 2. The van der Waals surface area contributed by atoms with Gasteiger partial charge in [-0.3, -0.25) is 4.79 Å². The second-order valence-electron chi connectivity index (χ2n) is 2.13. The maximum Gasteiger partial charge on any atom is 0.303 e. The molecular weight excluding hydrogens is 200 g/mol. The number of carbonyl (C=O) groups is 1. The van der Waals surface area contributed by atoms with Crippen molar-refractivity contribution in [1.29, 1.82) is 0 Å². The van der Waals surface area contributed by atoms with Gasteiger partial charge in [-0.25, -0.2) is 0 Å². The Hall–Kier alpha value is -0.0900. The predicted octanol–water partition coefficient (Wildman–Crippen LogP) is 0.855. The summed E-state index contributed by atoms with van der Waals surface area (Å²) < 4.78 is 0. The lowest BCUT2D eigenvalue weighted by atomic mass is 10.1. The Labute approximate surface area is 68.2 Å². The molecule has 0 aliphatic carbocycles. The number of halogens is 1. The zero-order valence-corrected chi connectivity index (χ0v) is 7.17. The summed E-state index contributed by atoms with van der Waals surface area (Å²) in [4.78, 5) is 10.1. The molecular formula is C6H11BrO3. The van der Waals surface area contributed by atoms with Gasteiger partial charge in [0.05, 0.1) is 0 Å². The van der Waals surface area contributed by atoms with Gasteiger partial charge in [0.2, 0.25) is 0 Å². The smallest absolute Gasteiger partial charge is 0.303 e. The van der Waals surface area contributed by atoms with E-state index in [0.717, 1.165) is 0 Å². The Morgan fingerprint density at radius 2 is 2.20 bits per heavy atom. The van der Waals surface area contributed by atoms with Gasteiger partial charge in [0.1, 0.15) is 0 Å². The summed E-state index contributed by atoms with van der Waals surface area (Å²) in [5, 5.41) is 17.4. The lowest BCUT2D eigenvalue weighted by molar-refractivity contribution is -0.138. The van der Waals surface area contributed by atoms with Crippen LogP contribution in [0.3, 0.4) is 0 Å². The normalized spacial score (nSPS) is 13.0. The minimum absolute atomic E-state index is 0.0579. The Morgan fingerprint density at radius 3 is 2.50 bits per heavy atom. The number of carboxylic acid groups (broad SMARTS) is 1. The molecule has 0 amide bonds. The van der Waals surface area contributed by atoms with Crippen LogP contribution in [-0.4, -0.2) is 28.1 Å². The number of aliphatic hydroxyl groups is 1. The molecule has 1 atom stereocenters. The molecule has 0 unspecified atom stereocenters. The van der Waals surface area contributed by atoms with Gasteiger partial charge < -0.3 is 10.2 Å². The van der Waals surface area contributed by atoms with E-state index in [1.807, 2.05) is 0 Å². The number of alkyl halides is 1. The van der Waals surface area contributed by atoms with Crippen molar-refractivity contribution >= 4 is 21.9 Å². The Morgan fingerprint density at radius 1 is 1.60 bits per heavy atom. The molecule has 4 heteroatoms. The van der Waals surface area contributed by atoms with Crippen LogP contribution in [-0.2, 0) is 4.79 Å². The van der Waals surface area contributed by atoms with Gasteiger partial charge in [0.15, 0.2) is 0 Å². The summed E-state index contributed by atoms with van der Waals surface area (Å²) >= 11 is 3.17. The minimum atomic E-state index is -0.807. The average molecular weight is 211 g/mol. The van der Waals surface area contributed by atoms with E-state index in [1.165, 1.54) is 0 Å². The van der Waals surface area contributed by atoms with Crippen molar-refractivity contribution < 1.29 is 15.0 Å². The highest BCUT2D eigenvalue weighted by molar-refractivity contribution is 9.09. The van der Waals surface area contributed by atoms with E-state index in [0.29, 0.717) is 11.8 Å². The SMILES string of the molecule is O=C(O)C[C@H](CBr)CCO. The van der Waals surface area contributed by atoms with Crippen molar-refractivity contribution in [2.45, 2.75) is 12.8 Å². The maximum atomic E-state index is 10.1. The van der Waals surface area contributed by atoms with Gasteiger partial charge in [-0.15, -0.1) is 0 Å². The molecule has 0 aromatic carbocycles. The second kappa shape index (κ2) is 5.68. The Bertz CT molecular complexity index is 105. The van der Waals surface area contributed by atoms with Crippen molar-refractivity contribution in [1.82, 2.24) is 0 Å². The van der Waals surface area contributed by atoms with Crippen molar-refractivity contribution in [3.8, 4) is 0 Å². The van der Waals surface area contributed by atoms with Gasteiger partial charge in [0.25, 0.3) is 0 Å². The van der Waals surface area contributed by atoms with Crippen LogP contribution in [0.25, 0.3) is 0 Å². The molecule has 2 N–H and O–H groups in total. The number of rotatable bonds is 5. The van der Waals surface area contributed by atoms with E-state index in [1.54, 1.807) is 0 Å². The fraction of sp³-hybridized carbons (Fsp3) is 0.833. The molecule has 0 heterocycles. The third-order valence-electron chi connectivity index (χ3n) is 1.22. The van der Waals surface area contributed by atoms with Crippen LogP contribution in [0.2, 0.25) is 0 Å². The van der Waals surface area contributed by atoms with Crippen LogP contribution in [0.4, 0.5) is 0 Å². The first kappa shape index (κ1) is 9.91. The van der Waals surface area contributed by atoms with Gasteiger partial charge in [-0.05, 0) is 12.3 Å². The first-order chi connectivity index (χ1) is 4.70. The summed E-state index contributed by atoms with van der Waals surface area (Å²) in [7, 11) is 0. The van der Waals surface area contributed by atoms with E-state index in [9.17, 15) is 4.79 Å². The van der Waals surface area contributed by atoms with Crippen molar-refractivity contribution in [3.63, 3.8) is 0 Å². The molecule has 0 fully saturated rings. The zero-order valence-electron chi connectivity index (χ0n) is 5.59. The lowest BCUT2D eigenvalue weighted by Gasteiger charge is -2.07. The molecule has 3 nitrogen and oxygen atoms in total. The molecule has 0 bridgehead atoms. The van der Waals surface area contributed by atoms with Crippen molar-refractivity contribution in [3.05, 3.63) is 0 Å². The van der Waals surface area contributed by atoms with Crippen LogP contribution in [0.5, 0.6) is 0 Å². The first-order valence-electron chi connectivity index (χ1n) is 3.09. The third kappa shape index (κ3) is 4.76. The largest absolute Gasteiger partial charge is 0.481 e. The molecule has 0 aromatic heterocycles. The zero-order chi connectivity index (χ0) is 7.98. The summed E-state index contributed by atoms with van der Waals surface area (Å²) in [6.07, 6.45) is 0.684. The second-order valence-corrected chi connectivity index (χ2v) is 2.78. The molecule has 0 aliphatic heterocycles. The van der Waals surface area contributed by atoms with Crippen LogP contribution in [0.15, 0.2) is 0 Å². The average Bonchev–Trinajstić information content (AvgIpc) is 1.86. The molecule has 0 aliphatic rings. The van der Waals surface area contributed by atoms with Gasteiger partial charge in [-0.1, -0.05) is 15.9 Å². The highest BCUT2D eigenvalue weighted by Gasteiger charge is 2.10. The number of aliphatic hydroxyl groups excluding tert-OH is 1. The number of hydrogen-bond acceptors (Lipinski definition) is 2. The van der Waals surface area contributed by atoms with Gasteiger partial charge in [-0.2, -0.15) is 0 Å². The summed E-state index contributed by atoms with van der Waals surface area (Å²) in [5.74, 6) is -0.750. The van der Waals surface area contributed by atoms with Crippen LogP contribution < -0.4 is 0 Å². The quantitative estimate of drug-likeness (QED) is 0.663. The monoisotopic (exact) mass is 210 g/mol. The molecule has 60 valence electrons. The molecule has 0 aromatic rings. The molecule has 0 spiro atoms. The fourth-order valence-corrected chi connectivity index (χ4v) is 1.22. The molecule has 0 radical (unpaired) electrons. The molecule has 0 saturated heterocycles. The fourth-order valence-electron chi connectivity index (χ4n) is 0.663. The summed E-state index contributed by atoms with van der Waals surface area (Å²) in [5.41, 5.74) is 0. The lowest BCUT2D eigenvalue weighted by Crippen LogP contribution is -2.10. The van der Waals surface area contributed by atoms with Crippen molar-refractivity contribution in [2.75, 3.05) is 11.9 Å². The highest BCUT2D eigenvalue weighted by atomic mass is 79.9. The molecule has 0 rings (SSSR count). The Balaban J connectivity index is 3.49. The predicted molar refractivity (Wildman–Crippen MR) is 41.2 cm³/mol. The minimum Gasteiger partial charge on any atom is -0.481 e. The highest BCUT2D eigenvalue weighted by Crippen LogP contribution is 2.10. The van der Waals surface area contributed by atoms with Crippen molar-refractivity contribution in [2.24, 2.45) is 5.92 Å². The summed E-state index contributed by atoms with van der Waals surface area (Å²) in [6, 6.07) is 0. The number of aliphatic carboxylic acids is 1. The van der Waals surface area contributed by atoms with E-state index in [-0.39, 0.29) is 18.9 Å². The first-order valence-corrected chi connectivity index (χ1v) is 4.21. The Kier molecular flexibility index (Phi) is 5.63. The third-order valence-corrected chi connectivity index (χ3v) is 2.13. The van der Waals surface area contributed by atoms with Crippen LogP contribution >= 0.6 is 15.9 Å². The van der Waals surface area contributed by atoms with Crippen LogP contribution in [0, 0.1) is 5.92 Å². The van der Waals surface area contributed by atoms with Crippen LogP contribution in [0.1, 0.15) is 12.8 Å². The van der Waals surface area contributed by atoms with E-state index in [4.69, 9.17) is 10.2 Å². The van der Waals surface area contributed by atoms with E-state index < -0.39 is 5.97 Å². The molecule has 0 saturated carbocycles. The topological polar surface area (TPSA) is 57.5 Å². The van der Waals surface area contributed by atoms with Gasteiger partial charge >= 0.3 is 5.97 Å². The van der Waals surface area contributed by atoms with E-state index >= 15 is 0 Å². The maximum absolute atomic E-state index is 10.1.